The Bertz CT molecular complexity index is 260. The molecular formula is C9H13NO4. The minimum atomic E-state index is -0.875. The van der Waals surface area contributed by atoms with Gasteiger partial charge in [-0.1, -0.05) is 0 Å². The van der Waals surface area contributed by atoms with Gasteiger partial charge in [-0.25, -0.2) is 5.06 Å². The fourth-order valence-electron chi connectivity index (χ4n) is 1.70. The van der Waals surface area contributed by atoms with E-state index in [0.717, 1.165) is 12.8 Å². The predicted molar refractivity (Wildman–Crippen MR) is 46.1 cm³/mol. The Hall–Kier alpha value is -1.10. The van der Waals surface area contributed by atoms with Gasteiger partial charge in [0.05, 0.1) is 18.4 Å². The molecule has 2 fully saturated rings. The van der Waals surface area contributed by atoms with Crippen molar-refractivity contribution in [2.24, 2.45) is 11.8 Å². The van der Waals surface area contributed by atoms with E-state index in [1.807, 2.05) is 0 Å². The number of carbonyl (C=O) groups excluding carboxylic acids is 1. The zero-order valence-corrected chi connectivity index (χ0v) is 7.81. The summed E-state index contributed by atoms with van der Waals surface area (Å²) in [4.78, 5) is 27.3. The van der Waals surface area contributed by atoms with Gasteiger partial charge >= 0.3 is 5.97 Å². The van der Waals surface area contributed by atoms with Crippen LogP contribution in [0.15, 0.2) is 0 Å². The zero-order valence-electron chi connectivity index (χ0n) is 7.81. The van der Waals surface area contributed by atoms with E-state index in [9.17, 15) is 9.59 Å². The number of carbonyl (C=O) groups is 2. The summed E-state index contributed by atoms with van der Waals surface area (Å²) in [5.74, 6) is -1.85. The first-order chi connectivity index (χ1) is 6.70. The predicted octanol–water partition coefficient (Wildman–Crippen LogP) is 0.261. The molecule has 1 heterocycles. The van der Waals surface area contributed by atoms with Gasteiger partial charge in [0.15, 0.2) is 0 Å². The average Bonchev–Trinajstić information content (AvgIpc) is 2.97. The zero-order chi connectivity index (χ0) is 10.1. The third-order valence-electron chi connectivity index (χ3n) is 2.67. The molecule has 1 N–H and O–H groups in total. The second-order valence-corrected chi connectivity index (χ2v) is 3.77. The molecule has 0 aromatic carbocycles. The lowest BCUT2D eigenvalue weighted by molar-refractivity contribution is -0.199. The van der Waals surface area contributed by atoms with Crippen LogP contribution in [0.3, 0.4) is 0 Å². The largest absolute Gasteiger partial charge is 0.481 e. The molecule has 2 rings (SSSR count). The third-order valence-corrected chi connectivity index (χ3v) is 2.67. The number of hydrogen-bond acceptors (Lipinski definition) is 3. The van der Waals surface area contributed by atoms with Crippen LogP contribution >= 0.6 is 0 Å². The van der Waals surface area contributed by atoms with Crippen LogP contribution in [0.5, 0.6) is 0 Å². The van der Waals surface area contributed by atoms with E-state index in [4.69, 9.17) is 9.94 Å². The van der Waals surface area contributed by atoms with Crippen LogP contribution in [0.2, 0.25) is 0 Å². The number of rotatable bonds is 2. The highest BCUT2D eigenvalue weighted by Crippen LogP contribution is 2.40. The van der Waals surface area contributed by atoms with Crippen molar-refractivity contribution in [3.8, 4) is 0 Å². The SMILES string of the molecule is O=C(O)[C@H]1C[C@H]1C(=O)N1CCCCO1. The van der Waals surface area contributed by atoms with Gasteiger partial charge in [-0.2, -0.15) is 0 Å². The summed E-state index contributed by atoms with van der Waals surface area (Å²) in [7, 11) is 0. The van der Waals surface area contributed by atoms with Gasteiger partial charge in [0, 0.05) is 6.54 Å². The molecule has 5 heteroatoms. The highest BCUT2D eigenvalue weighted by molar-refractivity contribution is 5.88. The smallest absolute Gasteiger partial charge is 0.307 e. The Morgan fingerprint density at radius 1 is 1.29 bits per heavy atom. The fourth-order valence-corrected chi connectivity index (χ4v) is 1.70. The summed E-state index contributed by atoms with van der Waals surface area (Å²) in [6, 6.07) is 0. The van der Waals surface area contributed by atoms with Crippen molar-refractivity contribution in [3.05, 3.63) is 0 Å². The number of hydrogen-bond donors (Lipinski definition) is 1. The van der Waals surface area contributed by atoms with E-state index in [0.29, 0.717) is 19.6 Å². The summed E-state index contributed by atoms with van der Waals surface area (Å²) in [5, 5.41) is 9.99. The van der Waals surface area contributed by atoms with Gasteiger partial charge in [-0.3, -0.25) is 14.4 Å². The Balaban J connectivity index is 1.87. The molecule has 1 aliphatic carbocycles. The Morgan fingerprint density at radius 2 is 2.07 bits per heavy atom. The normalized spacial score (nSPS) is 31.3. The molecule has 0 spiro atoms. The molecule has 0 aromatic rings. The molecule has 14 heavy (non-hydrogen) atoms. The van der Waals surface area contributed by atoms with Crippen LogP contribution < -0.4 is 0 Å². The summed E-state index contributed by atoms with van der Waals surface area (Å²) in [5.41, 5.74) is 0. The van der Waals surface area contributed by atoms with Crippen LogP contribution in [-0.4, -0.2) is 35.2 Å². The molecule has 0 unspecified atom stereocenters. The standard InChI is InChI=1S/C9H13NO4/c11-8(6-5-7(6)9(12)13)10-3-1-2-4-14-10/h6-7H,1-5H2,(H,12,13)/t6-,7+/m1/s1. The Labute approximate surface area is 81.6 Å². The van der Waals surface area contributed by atoms with Crippen molar-refractivity contribution in [1.29, 1.82) is 0 Å². The topological polar surface area (TPSA) is 66.8 Å². The molecule has 2 aliphatic rings. The monoisotopic (exact) mass is 199 g/mol. The maximum absolute atomic E-state index is 11.6. The first-order valence-electron chi connectivity index (χ1n) is 4.87. The minimum Gasteiger partial charge on any atom is -0.481 e. The van der Waals surface area contributed by atoms with E-state index in [1.165, 1.54) is 5.06 Å². The molecule has 0 radical (unpaired) electrons. The van der Waals surface area contributed by atoms with Gasteiger partial charge in [0.1, 0.15) is 0 Å². The highest BCUT2D eigenvalue weighted by atomic mass is 16.7. The number of carboxylic acids is 1. The van der Waals surface area contributed by atoms with Crippen molar-refractivity contribution in [3.63, 3.8) is 0 Å². The van der Waals surface area contributed by atoms with Crippen molar-refractivity contribution in [2.75, 3.05) is 13.2 Å². The van der Waals surface area contributed by atoms with Gasteiger partial charge in [-0.15, -0.1) is 0 Å². The molecule has 1 amide bonds. The molecule has 5 nitrogen and oxygen atoms in total. The molecule has 1 aliphatic heterocycles. The van der Waals surface area contributed by atoms with Gasteiger partial charge in [-0.05, 0) is 19.3 Å². The maximum atomic E-state index is 11.6. The lowest BCUT2D eigenvalue weighted by Crippen LogP contribution is -2.37. The number of carboxylic acid groups (broad SMARTS) is 1. The molecule has 0 bridgehead atoms. The molecule has 1 saturated heterocycles. The van der Waals surface area contributed by atoms with Crippen molar-refractivity contribution in [1.82, 2.24) is 5.06 Å². The molecule has 1 saturated carbocycles. The van der Waals surface area contributed by atoms with E-state index >= 15 is 0 Å². The van der Waals surface area contributed by atoms with Gasteiger partial charge < -0.3 is 5.11 Å². The van der Waals surface area contributed by atoms with Crippen molar-refractivity contribution in [2.45, 2.75) is 19.3 Å². The molecule has 78 valence electrons. The van der Waals surface area contributed by atoms with E-state index in [2.05, 4.69) is 0 Å². The van der Waals surface area contributed by atoms with Crippen LogP contribution in [0.4, 0.5) is 0 Å². The number of hydroxylamine groups is 2. The fraction of sp³-hybridized carbons (Fsp3) is 0.778. The molecule has 0 aromatic heterocycles. The van der Waals surface area contributed by atoms with E-state index in [-0.39, 0.29) is 11.8 Å². The summed E-state index contributed by atoms with van der Waals surface area (Å²) < 4.78 is 0. The Kier molecular flexibility index (Phi) is 2.41. The minimum absolute atomic E-state index is 0.155. The lowest BCUT2D eigenvalue weighted by atomic mass is 10.2. The van der Waals surface area contributed by atoms with E-state index in [1.54, 1.807) is 0 Å². The average molecular weight is 199 g/mol. The second kappa shape index (κ2) is 3.57. The lowest BCUT2D eigenvalue weighted by Gasteiger charge is -2.25. The number of aliphatic carboxylic acids is 1. The first-order valence-corrected chi connectivity index (χ1v) is 4.87. The molecular weight excluding hydrogens is 186 g/mol. The quantitative estimate of drug-likeness (QED) is 0.692. The van der Waals surface area contributed by atoms with Crippen LogP contribution in [-0.2, 0) is 14.4 Å². The van der Waals surface area contributed by atoms with Crippen molar-refractivity contribution < 1.29 is 19.5 Å². The van der Waals surface area contributed by atoms with E-state index < -0.39 is 11.9 Å². The number of nitrogens with zero attached hydrogens (tertiary/aromatic N) is 1. The number of amides is 1. The first kappa shape index (κ1) is 9.45. The van der Waals surface area contributed by atoms with Crippen molar-refractivity contribution >= 4 is 11.9 Å². The maximum Gasteiger partial charge on any atom is 0.307 e. The van der Waals surface area contributed by atoms with Gasteiger partial charge in [0.25, 0.3) is 0 Å². The Morgan fingerprint density at radius 3 is 2.57 bits per heavy atom. The van der Waals surface area contributed by atoms with Gasteiger partial charge in [0.2, 0.25) is 5.91 Å². The van der Waals surface area contributed by atoms with Crippen LogP contribution in [0.1, 0.15) is 19.3 Å². The third kappa shape index (κ3) is 1.72. The molecule has 2 atom stereocenters. The van der Waals surface area contributed by atoms with Crippen LogP contribution in [0.25, 0.3) is 0 Å². The highest BCUT2D eigenvalue weighted by Gasteiger charge is 2.50. The summed E-state index contributed by atoms with van der Waals surface area (Å²) in [6.07, 6.45) is 2.38. The summed E-state index contributed by atoms with van der Waals surface area (Å²) >= 11 is 0. The van der Waals surface area contributed by atoms with Crippen LogP contribution in [0, 0.1) is 11.8 Å². The summed E-state index contributed by atoms with van der Waals surface area (Å²) in [6.45, 7) is 1.16. The second-order valence-electron chi connectivity index (χ2n) is 3.77.